The van der Waals surface area contributed by atoms with Crippen LogP contribution in [0, 0.1) is 0 Å². The molecular weight excluding hydrogens is 248 g/mol. The van der Waals surface area contributed by atoms with Crippen LogP contribution < -0.4 is 16.0 Å². The molecule has 2 aromatic heterocycles. The molecule has 1 saturated heterocycles. The maximum atomic E-state index is 5.70. The Bertz CT molecular complexity index is 536. The topological polar surface area (TPSA) is 119 Å². The lowest BCUT2D eigenvalue weighted by molar-refractivity contribution is 0.411. The van der Waals surface area contributed by atoms with Crippen molar-refractivity contribution < 1.29 is 4.52 Å². The minimum atomic E-state index is 0.201. The summed E-state index contributed by atoms with van der Waals surface area (Å²) in [6, 6.07) is 0. The van der Waals surface area contributed by atoms with Gasteiger partial charge in [0.25, 0.3) is 0 Å². The predicted molar refractivity (Wildman–Crippen MR) is 67.3 cm³/mol. The van der Waals surface area contributed by atoms with Crippen molar-refractivity contribution in [1.29, 1.82) is 0 Å². The number of aromatic nitrogens is 5. The van der Waals surface area contributed by atoms with E-state index in [0.29, 0.717) is 24.3 Å². The molecule has 0 radical (unpaired) electrons. The quantitative estimate of drug-likeness (QED) is 0.787. The van der Waals surface area contributed by atoms with Gasteiger partial charge in [0.1, 0.15) is 0 Å². The molecule has 0 spiro atoms. The molecule has 0 aliphatic carbocycles. The van der Waals surface area contributed by atoms with Gasteiger partial charge in [-0.15, -0.1) is 0 Å². The summed E-state index contributed by atoms with van der Waals surface area (Å²) in [6.07, 6.45) is 3.57. The van der Waals surface area contributed by atoms with E-state index in [9.17, 15) is 0 Å². The SMILES string of the molecule is Nc1nc(NCc2ncon2)nc(N2CCCC2)n1. The molecule has 9 nitrogen and oxygen atoms in total. The molecule has 1 aliphatic heterocycles. The second kappa shape index (κ2) is 5.04. The molecule has 0 saturated carbocycles. The molecular formula is C10H14N8O. The third-order valence-corrected chi connectivity index (χ3v) is 2.84. The van der Waals surface area contributed by atoms with Crippen molar-refractivity contribution in [1.82, 2.24) is 25.1 Å². The van der Waals surface area contributed by atoms with Gasteiger partial charge in [-0.3, -0.25) is 0 Å². The molecule has 1 aliphatic rings. The van der Waals surface area contributed by atoms with E-state index in [-0.39, 0.29) is 5.95 Å². The van der Waals surface area contributed by atoms with Gasteiger partial charge >= 0.3 is 0 Å². The molecule has 0 amide bonds. The highest BCUT2D eigenvalue weighted by Crippen LogP contribution is 2.17. The Hall–Kier alpha value is -2.45. The number of hydrogen-bond acceptors (Lipinski definition) is 9. The van der Waals surface area contributed by atoms with Crippen LogP contribution in [0.2, 0.25) is 0 Å². The highest BCUT2D eigenvalue weighted by molar-refractivity contribution is 5.42. The van der Waals surface area contributed by atoms with Crippen LogP contribution in [-0.4, -0.2) is 38.2 Å². The molecule has 3 rings (SSSR count). The van der Waals surface area contributed by atoms with Crippen LogP contribution in [0.1, 0.15) is 18.7 Å². The first-order valence-corrected chi connectivity index (χ1v) is 6.07. The van der Waals surface area contributed by atoms with E-state index in [4.69, 9.17) is 5.73 Å². The number of anilines is 3. The molecule has 3 N–H and O–H groups in total. The van der Waals surface area contributed by atoms with E-state index < -0.39 is 0 Å². The van der Waals surface area contributed by atoms with Gasteiger partial charge in [-0.25, -0.2) is 0 Å². The average molecular weight is 262 g/mol. The lowest BCUT2D eigenvalue weighted by Gasteiger charge is -2.15. The lowest BCUT2D eigenvalue weighted by atomic mass is 10.4. The van der Waals surface area contributed by atoms with E-state index in [2.05, 4.69) is 39.8 Å². The van der Waals surface area contributed by atoms with Crippen molar-refractivity contribution >= 4 is 17.8 Å². The van der Waals surface area contributed by atoms with E-state index >= 15 is 0 Å². The van der Waals surface area contributed by atoms with Gasteiger partial charge in [0.05, 0.1) is 6.54 Å². The van der Waals surface area contributed by atoms with Crippen molar-refractivity contribution in [3.8, 4) is 0 Å². The maximum absolute atomic E-state index is 5.70. The fourth-order valence-electron chi connectivity index (χ4n) is 1.95. The van der Waals surface area contributed by atoms with E-state index in [1.807, 2.05) is 0 Å². The van der Waals surface area contributed by atoms with Gasteiger partial charge in [-0.1, -0.05) is 5.16 Å². The largest absolute Gasteiger partial charge is 0.368 e. The number of nitrogens with two attached hydrogens (primary N) is 1. The van der Waals surface area contributed by atoms with E-state index in [0.717, 1.165) is 25.9 Å². The van der Waals surface area contributed by atoms with Crippen molar-refractivity contribution in [2.24, 2.45) is 0 Å². The second-order valence-corrected chi connectivity index (χ2v) is 4.21. The Labute approximate surface area is 109 Å². The number of nitrogens with zero attached hydrogens (tertiary/aromatic N) is 6. The van der Waals surface area contributed by atoms with Crippen molar-refractivity contribution in [3.05, 3.63) is 12.2 Å². The molecule has 19 heavy (non-hydrogen) atoms. The minimum Gasteiger partial charge on any atom is -0.368 e. The number of hydrogen-bond donors (Lipinski definition) is 2. The van der Waals surface area contributed by atoms with Crippen LogP contribution in [0.15, 0.2) is 10.9 Å². The fourth-order valence-corrected chi connectivity index (χ4v) is 1.95. The summed E-state index contributed by atoms with van der Waals surface area (Å²) < 4.78 is 4.64. The van der Waals surface area contributed by atoms with E-state index in [1.165, 1.54) is 6.39 Å². The molecule has 0 aromatic carbocycles. The van der Waals surface area contributed by atoms with Crippen LogP contribution >= 0.6 is 0 Å². The summed E-state index contributed by atoms with van der Waals surface area (Å²) in [4.78, 5) is 18.5. The van der Waals surface area contributed by atoms with Crippen LogP contribution in [0.4, 0.5) is 17.8 Å². The summed E-state index contributed by atoms with van der Waals surface area (Å²) >= 11 is 0. The Morgan fingerprint density at radius 1 is 1.26 bits per heavy atom. The summed E-state index contributed by atoms with van der Waals surface area (Å²) in [5, 5.41) is 6.69. The molecule has 1 fully saturated rings. The van der Waals surface area contributed by atoms with Crippen LogP contribution in [0.5, 0.6) is 0 Å². The zero-order chi connectivity index (χ0) is 13.1. The van der Waals surface area contributed by atoms with Crippen molar-refractivity contribution in [3.63, 3.8) is 0 Å². The molecule has 3 heterocycles. The minimum absolute atomic E-state index is 0.201. The van der Waals surface area contributed by atoms with Crippen LogP contribution in [0.3, 0.4) is 0 Å². The van der Waals surface area contributed by atoms with Crippen molar-refractivity contribution in [2.75, 3.05) is 29.0 Å². The number of nitrogen functional groups attached to an aromatic ring is 1. The van der Waals surface area contributed by atoms with Gasteiger partial charge < -0.3 is 20.5 Å². The zero-order valence-corrected chi connectivity index (χ0v) is 10.3. The standard InChI is InChI=1S/C10H14N8O/c11-8-14-9(12-5-7-13-6-19-17-7)16-10(15-8)18-3-1-2-4-18/h6H,1-5H2,(H3,11,12,14,15,16). The molecule has 100 valence electrons. The first kappa shape index (κ1) is 11.6. The fraction of sp³-hybridized carbons (Fsp3) is 0.500. The summed E-state index contributed by atoms with van der Waals surface area (Å²) in [5.41, 5.74) is 5.70. The summed E-state index contributed by atoms with van der Waals surface area (Å²) in [6.45, 7) is 2.28. The normalized spacial score (nSPS) is 14.8. The molecule has 0 bridgehead atoms. The van der Waals surface area contributed by atoms with Crippen LogP contribution in [0.25, 0.3) is 0 Å². The third-order valence-electron chi connectivity index (χ3n) is 2.84. The highest BCUT2D eigenvalue weighted by atomic mass is 16.5. The van der Waals surface area contributed by atoms with Gasteiger partial charge in [0.2, 0.25) is 24.2 Å². The van der Waals surface area contributed by atoms with Gasteiger partial charge in [0, 0.05) is 13.1 Å². The maximum Gasteiger partial charge on any atom is 0.231 e. The van der Waals surface area contributed by atoms with Crippen LogP contribution in [-0.2, 0) is 6.54 Å². The van der Waals surface area contributed by atoms with Gasteiger partial charge in [-0.2, -0.15) is 19.9 Å². The Morgan fingerprint density at radius 2 is 2.11 bits per heavy atom. The van der Waals surface area contributed by atoms with Gasteiger partial charge in [0.15, 0.2) is 5.82 Å². The molecule has 0 unspecified atom stereocenters. The number of rotatable bonds is 4. The first-order valence-electron chi connectivity index (χ1n) is 6.07. The first-order chi connectivity index (χ1) is 9.31. The Balaban J connectivity index is 1.73. The summed E-state index contributed by atoms with van der Waals surface area (Å²) in [7, 11) is 0. The zero-order valence-electron chi connectivity index (χ0n) is 10.3. The monoisotopic (exact) mass is 262 g/mol. The molecule has 2 aromatic rings. The smallest absolute Gasteiger partial charge is 0.231 e. The van der Waals surface area contributed by atoms with Gasteiger partial charge in [-0.05, 0) is 12.8 Å². The van der Waals surface area contributed by atoms with E-state index in [1.54, 1.807) is 0 Å². The lowest BCUT2D eigenvalue weighted by Crippen LogP contribution is -2.22. The summed E-state index contributed by atoms with van der Waals surface area (Å²) in [5.74, 6) is 1.76. The second-order valence-electron chi connectivity index (χ2n) is 4.21. The molecule has 9 heteroatoms. The Morgan fingerprint density at radius 3 is 2.84 bits per heavy atom. The average Bonchev–Trinajstić information content (AvgIpc) is 3.09. The van der Waals surface area contributed by atoms with Crippen molar-refractivity contribution in [2.45, 2.75) is 19.4 Å². The Kier molecular flexibility index (Phi) is 3.09. The molecule has 0 atom stereocenters. The third kappa shape index (κ3) is 2.69. The predicted octanol–water partition coefficient (Wildman–Crippen LogP) is 0.0491. The highest BCUT2D eigenvalue weighted by Gasteiger charge is 2.16. The number of nitrogens with one attached hydrogen (secondary N) is 1.